The van der Waals surface area contributed by atoms with Gasteiger partial charge in [0, 0.05) is 19.1 Å². The van der Waals surface area contributed by atoms with Gasteiger partial charge in [0.1, 0.15) is 6.33 Å². The van der Waals surface area contributed by atoms with Crippen molar-refractivity contribution < 1.29 is 4.39 Å². The van der Waals surface area contributed by atoms with Gasteiger partial charge in [0.2, 0.25) is 0 Å². The Balaban J connectivity index is 2.17. The molecule has 1 saturated heterocycles. The van der Waals surface area contributed by atoms with Crippen LogP contribution in [0.1, 0.15) is 38.8 Å². The summed E-state index contributed by atoms with van der Waals surface area (Å²) in [6, 6.07) is 0.450. The van der Waals surface area contributed by atoms with Crippen molar-refractivity contribution in [1.29, 1.82) is 0 Å². The first kappa shape index (κ1) is 14.2. The Labute approximate surface area is 114 Å². The minimum absolute atomic E-state index is 0.253. The van der Waals surface area contributed by atoms with Crippen molar-refractivity contribution >= 4 is 5.82 Å². The lowest BCUT2D eigenvalue weighted by Crippen LogP contribution is -2.39. The summed E-state index contributed by atoms with van der Waals surface area (Å²) in [5.41, 5.74) is 0.505. The zero-order valence-electron chi connectivity index (χ0n) is 11.8. The van der Waals surface area contributed by atoms with E-state index in [1.165, 1.54) is 12.7 Å². The van der Waals surface area contributed by atoms with Crippen LogP contribution >= 0.6 is 0 Å². The molecule has 106 valence electrons. The van der Waals surface area contributed by atoms with E-state index in [0.29, 0.717) is 24.0 Å². The summed E-state index contributed by atoms with van der Waals surface area (Å²) in [5.74, 6) is 0.207. The van der Waals surface area contributed by atoms with Crippen molar-refractivity contribution in [2.75, 3.05) is 24.5 Å². The number of aromatic nitrogens is 2. The highest BCUT2D eigenvalue weighted by molar-refractivity contribution is 5.41. The van der Waals surface area contributed by atoms with Crippen molar-refractivity contribution in [3.8, 4) is 0 Å². The van der Waals surface area contributed by atoms with E-state index in [1.54, 1.807) is 0 Å². The fourth-order valence-corrected chi connectivity index (χ4v) is 2.59. The molecule has 4 nitrogen and oxygen atoms in total. The summed E-state index contributed by atoms with van der Waals surface area (Å²) < 4.78 is 14.3. The molecule has 0 bridgehead atoms. The SMILES string of the molecule is CCCN(CC1CCCN1)c1ncnc(CC)c1F. The molecule has 1 aromatic heterocycles. The van der Waals surface area contributed by atoms with E-state index in [2.05, 4.69) is 27.1 Å². The highest BCUT2D eigenvalue weighted by atomic mass is 19.1. The largest absolute Gasteiger partial charge is 0.353 e. The van der Waals surface area contributed by atoms with Crippen LogP contribution in [0.3, 0.4) is 0 Å². The fraction of sp³-hybridized carbons (Fsp3) is 0.714. The van der Waals surface area contributed by atoms with E-state index in [-0.39, 0.29) is 5.82 Å². The molecule has 1 aliphatic rings. The van der Waals surface area contributed by atoms with E-state index in [0.717, 1.165) is 32.5 Å². The summed E-state index contributed by atoms with van der Waals surface area (Å²) in [6.45, 7) is 6.74. The topological polar surface area (TPSA) is 41.0 Å². The van der Waals surface area contributed by atoms with Crippen LogP contribution in [0.25, 0.3) is 0 Å². The van der Waals surface area contributed by atoms with Gasteiger partial charge in [-0.25, -0.2) is 14.4 Å². The summed E-state index contributed by atoms with van der Waals surface area (Å²) >= 11 is 0. The molecule has 2 rings (SSSR count). The average molecular weight is 266 g/mol. The monoisotopic (exact) mass is 266 g/mol. The molecular weight excluding hydrogens is 243 g/mol. The number of nitrogens with zero attached hydrogens (tertiary/aromatic N) is 3. The van der Waals surface area contributed by atoms with Crippen LogP contribution in [0.15, 0.2) is 6.33 Å². The van der Waals surface area contributed by atoms with Crippen LogP contribution in [0.2, 0.25) is 0 Å². The molecule has 1 aliphatic heterocycles. The third-order valence-corrected chi connectivity index (χ3v) is 3.57. The summed E-state index contributed by atoms with van der Waals surface area (Å²) in [5, 5.41) is 3.46. The van der Waals surface area contributed by atoms with Gasteiger partial charge in [-0.2, -0.15) is 0 Å². The van der Waals surface area contributed by atoms with E-state index in [4.69, 9.17) is 0 Å². The van der Waals surface area contributed by atoms with Gasteiger partial charge in [-0.3, -0.25) is 0 Å². The maximum absolute atomic E-state index is 14.3. The molecule has 1 N–H and O–H groups in total. The second-order valence-corrected chi connectivity index (χ2v) is 5.05. The Kier molecular flexibility index (Phi) is 5.07. The van der Waals surface area contributed by atoms with E-state index in [9.17, 15) is 4.39 Å². The number of aryl methyl sites for hydroxylation is 1. The van der Waals surface area contributed by atoms with Gasteiger partial charge < -0.3 is 10.2 Å². The van der Waals surface area contributed by atoms with Crippen LogP contribution < -0.4 is 10.2 Å². The van der Waals surface area contributed by atoms with Gasteiger partial charge in [-0.15, -0.1) is 0 Å². The van der Waals surface area contributed by atoms with Gasteiger partial charge in [-0.05, 0) is 32.2 Å². The average Bonchev–Trinajstić information content (AvgIpc) is 2.91. The van der Waals surface area contributed by atoms with Crippen molar-refractivity contribution in [3.05, 3.63) is 17.8 Å². The zero-order chi connectivity index (χ0) is 13.7. The van der Waals surface area contributed by atoms with E-state index in [1.807, 2.05) is 6.92 Å². The Morgan fingerprint density at radius 2 is 2.26 bits per heavy atom. The van der Waals surface area contributed by atoms with Gasteiger partial charge >= 0.3 is 0 Å². The Bertz CT molecular complexity index is 404. The Morgan fingerprint density at radius 3 is 2.89 bits per heavy atom. The first-order valence-electron chi connectivity index (χ1n) is 7.24. The number of nitrogens with one attached hydrogen (secondary N) is 1. The molecule has 1 fully saturated rings. The lowest BCUT2D eigenvalue weighted by molar-refractivity contribution is 0.546. The van der Waals surface area contributed by atoms with Crippen molar-refractivity contribution in [1.82, 2.24) is 15.3 Å². The molecule has 1 aromatic rings. The highest BCUT2D eigenvalue weighted by Crippen LogP contribution is 2.20. The normalized spacial score (nSPS) is 18.8. The molecule has 0 radical (unpaired) electrons. The maximum atomic E-state index is 14.3. The molecular formula is C14H23FN4. The molecule has 5 heteroatoms. The van der Waals surface area contributed by atoms with Crippen LogP contribution in [-0.4, -0.2) is 35.6 Å². The van der Waals surface area contributed by atoms with Crippen molar-refractivity contribution in [2.24, 2.45) is 0 Å². The summed E-state index contributed by atoms with van der Waals surface area (Å²) in [4.78, 5) is 10.2. The van der Waals surface area contributed by atoms with Crippen LogP contribution in [0, 0.1) is 5.82 Å². The van der Waals surface area contributed by atoms with E-state index < -0.39 is 0 Å². The van der Waals surface area contributed by atoms with Gasteiger partial charge in [-0.1, -0.05) is 13.8 Å². The standard InChI is InChI=1S/C14H23FN4/c1-3-8-19(9-11-6-5-7-16-11)14-13(15)12(4-2)17-10-18-14/h10-11,16H,3-9H2,1-2H3. The molecule has 0 aromatic carbocycles. The minimum Gasteiger partial charge on any atom is -0.353 e. The van der Waals surface area contributed by atoms with Crippen molar-refractivity contribution in [3.63, 3.8) is 0 Å². The first-order chi connectivity index (χ1) is 9.26. The number of rotatable bonds is 6. The number of anilines is 1. The van der Waals surface area contributed by atoms with Crippen LogP contribution in [0.4, 0.5) is 10.2 Å². The number of hydrogen-bond acceptors (Lipinski definition) is 4. The second kappa shape index (κ2) is 6.80. The van der Waals surface area contributed by atoms with Gasteiger partial charge in [0.25, 0.3) is 0 Å². The lowest BCUT2D eigenvalue weighted by atomic mass is 10.2. The zero-order valence-corrected chi connectivity index (χ0v) is 11.8. The van der Waals surface area contributed by atoms with Crippen LogP contribution in [-0.2, 0) is 6.42 Å². The first-order valence-corrected chi connectivity index (χ1v) is 7.24. The second-order valence-electron chi connectivity index (χ2n) is 5.05. The molecule has 1 unspecified atom stereocenters. The molecule has 0 amide bonds. The fourth-order valence-electron chi connectivity index (χ4n) is 2.59. The molecule has 0 spiro atoms. The summed E-state index contributed by atoms with van der Waals surface area (Å²) in [7, 11) is 0. The lowest BCUT2D eigenvalue weighted by Gasteiger charge is -2.27. The van der Waals surface area contributed by atoms with Crippen LogP contribution in [0.5, 0.6) is 0 Å². The smallest absolute Gasteiger partial charge is 0.187 e. The highest BCUT2D eigenvalue weighted by Gasteiger charge is 2.21. The number of hydrogen-bond donors (Lipinski definition) is 1. The molecule has 0 saturated carbocycles. The predicted octanol–water partition coefficient (Wildman–Crippen LogP) is 2.15. The Hall–Kier alpha value is -1.23. The molecule has 1 atom stereocenters. The third-order valence-electron chi connectivity index (χ3n) is 3.57. The maximum Gasteiger partial charge on any atom is 0.187 e. The van der Waals surface area contributed by atoms with Gasteiger partial charge in [0.05, 0.1) is 5.69 Å². The predicted molar refractivity (Wildman–Crippen MR) is 74.9 cm³/mol. The summed E-state index contributed by atoms with van der Waals surface area (Å²) in [6.07, 6.45) is 5.42. The molecule has 2 heterocycles. The van der Waals surface area contributed by atoms with E-state index >= 15 is 0 Å². The Morgan fingerprint density at radius 1 is 1.42 bits per heavy atom. The quantitative estimate of drug-likeness (QED) is 0.856. The third kappa shape index (κ3) is 3.41. The minimum atomic E-state index is -0.253. The molecule has 0 aliphatic carbocycles. The number of halogens is 1. The van der Waals surface area contributed by atoms with Crippen molar-refractivity contribution in [2.45, 2.75) is 45.6 Å². The van der Waals surface area contributed by atoms with Gasteiger partial charge in [0.15, 0.2) is 11.6 Å². The molecule has 19 heavy (non-hydrogen) atoms.